The highest BCUT2D eigenvalue weighted by Gasteiger charge is 2.31. The van der Waals surface area contributed by atoms with Crippen LogP contribution in [-0.2, 0) is 6.42 Å². The van der Waals surface area contributed by atoms with Crippen LogP contribution in [0.2, 0.25) is 0 Å². The minimum atomic E-state index is -4.65. The summed E-state index contributed by atoms with van der Waals surface area (Å²) in [7, 11) is 0. The number of halogens is 3. The molecular formula is C16H18F3NO. The van der Waals surface area contributed by atoms with Gasteiger partial charge in [-0.05, 0) is 36.1 Å². The summed E-state index contributed by atoms with van der Waals surface area (Å²) >= 11 is 0. The fourth-order valence-corrected chi connectivity index (χ4v) is 3.23. The van der Waals surface area contributed by atoms with Crippen molar-refractivity contribution in [2.45, 2.75) is 44.9 Å². The number of hydrogen-bond donors (Lipinski definition) is 1. The average molecular weight is 297 g/mol. The normalized spacial score (nSPS) is 17.3. The van der Waals surface area contributed by atoms with Gasteiger partial charge in [0.05, 0.1) is 0 Å². The van der Waals surface area contributed by atoms with Gasteiger partial charge in [0, 0.05) is 17.1 Å². The van der Waals surface area contributed by atoms with Crippen LogP contribution in [0.25, 0.3) is 10.9 Å². The van der Waals surface area contributed by atoms with Crippen molar-refractivity contribution in [3.8, 4) is 5.75 Å². The van der Waals surface area contributed by atoms with Crippen LogP contribution in [0, 0.1) is 5.92 Å². The number of benzene rings is 1. The summed E-state index contributed by atoms with van der Waals surface area (Å²) in [5.41, 5.74) is 1.94. The number of ether oxygens (including phenoxy) is 1. The van der Waals surface area contributed by atoms with Gasteiger partial charge in [0.25, 0.3) is 0 Å². The summed E-state index contributed by atoms with van der Waals surface area (Å²) in [6, 6.07) is 4.47. The maximum atomic E-state index is 12.3. The van der Waals surface area contributed by atoms with Crippen LogP contribution in [0.4, 0.5) is 13.2 Å². The number of nitrogens with one attached hydrogen (secondary N) is 1. The molecule has 0 spiro atoms. The zero-order valence-electron chi connectivity index (χ0n) is 11.7. The third kappa shape index (κ3) is 3.52. The Kier molecular flexibility index (Phi) is 3.83. The van der Waals surface area contributed by atoms with Crippen molar-refractivity contribution in [3.63, 3.8) is 0 Å². The topological polar surface area (TPSA) is 25.0 Å². The summed E-state index contributed by atoms with van der Waals surface area (Å²) in [5.74, 6) is 0.490. The van der Waals surface area contributed by atoms with Gasteiger partial charge >= 0.3 is 6.36 Å². The first kappa shape index (κ1) is 14.3. The molecular weight excluding hydrogens is 279 g/mol. The molecule has 0 bridgehead atoms. The van der Waals surface area contributed by atoms with Crippen LogP contribution in [0.1, 0.15) is 37.7 Å². The lowest BCUT2D eigenvalue weighted by Crippen LogP contribution is -2.17. The second-order valence-electron chi connectivity index (χ2n) is 5.78. The van der Waals surface area contributed by atoms with Gasteiger partial charge in [0.1, 0.15) is 5.75 Å². The maximum absolute atomic E-state index is 12.3. The van der Waals surface area contributed by atoms with E-state index in [-0.39, 0.29) is 5.75 Å². The fourth-order valence-electron chi connectivity index (χ4n) is 3.23. The molecule has 0 aliphatic heterocycles. The molecule has 1 aliphatic carbocycles. The number of aromatic amines is 1. The van der Waals surface area contributed by atoms with Gasteiger partial charge in [-0.1, -0.05) is 32.1 Å². The van der Waals surface area contributed by atoms with Gasteiger partial charge in [-0.2, -0.15) is 0 Å². The van der Waals surface area contributed by atoms with Gasteiger partial charge in [-0.3, -0.25) is 0 Å². The second-order valence-corrected chi connectivity index (χ2v) is 5.78. The Hall–Kier alpha value is -1.65. The van der Waals surface area contributed by atoms with Crippen LogP contribution in [0.15, 0.2) is 24.4 Å². The molecule has 1 saturated carbocycles. The number of H-pyrrole nitrogens is 1. The molecule has 2 nitrogen and oxygen atoms in total. The van der Waals surface area contributed by atoms with Crippen LogP contribution < -0.4 is 4.74 Å². The van der Waals surface area contributed by atoms with Crippen LogP contribution in [0.3, 0.4) is 0 Å². The molecule has 3 rings (SSSR count). The molecule has 1 aromatic heterocycles. The Balaban J connectivity index is 1.83. The van der Waals surface area contributed by atoms with Gasteiger partial charge in [-0.25, -0.2) is 0 Å². The van der Waals surface area contributed by atoms with Gasteiger partial charge in [0.2, 0.25) is 0 Å². The lowest BCUT2D eigenvalue weighted by atomic mass is 9.85. The van der Waals surface area contributed by atoms with E-state index >= 15 is 0 Å². The van der Waals surface area contributed by atoms with Gasteiger partial charge < -0.3 is 9.72 Å². The largest absolute Gasteiger partial charge is 0.573 e. The first-order valence-electron chi connectivity index (χ1n) is 7.37. The minimum absolute atomic E-state index is 0.153. The van der Waals surface area contributed by atoms with Crippen molar-refractivity contribution in [3.05, 3.63) is 30.0 Å². The summed E-state index contributed by atoms with van der Waals surface area (Å²) in [4.78, 5) is 3.13. The number of alkyl halides is 3. The molecule has 114 valence electrons. The zero-order valence-corrected chi connectivity index (χ0v) is 11.7. The van der Waals surface area contributed by atoms with Crippen molar-refractivity contribution < 1.29 is 17.9 Å². The molecule has 1 heterocycles. The summed E-state index contributed by atoms with van der Waals surface area (Å²) in [6.45, 7) is 0. The SMILES string of the molecule is FC(F)(F)Oc1ccc2[nH]cc(CC3CCCCC3)c2c1. The lowest BCUT2D eigenvalue weighted by Gasteiger charge is -2.21. The molecule has 0 saturated heterocycles. The Morgan fingerprint density at radius 3 is 2.62 bits per heavy atom. The smallest absolute Gasteiger partial charge is 0.406 e. The average Bonchev–Trinajstić information content (AvgIpc) is 2.81. The molecule has 0 amide bonds. The molecule has 0 unspecified atom stereocenters. The fraction of sp³-hybridized carbons (Fsp3) is 0.500. The molecule has 1 fully saturated rings. The van der Waals surface area contributed by atoms with E-state index in [4.69, 9.17) is 0 Å². The summed E-state index contributed by atoms with van der Waals surface area (Å²) in [5, 5.41) is 0.835. The Morgan fingerprint density at radius 2 is 1.90 bits per heavy atom. The monoisotopic (exact) mass is 297 g/mol. The molecule has 5 heteroatoms. The highest BCUT2D eigenvalue weighted by Crippen LogP contribution is 2.32. The molecule has 1 aromatic carbocycles. The van der Waals surface area contributed by atoms with Crippen molar-refractivity contribution in [2.75, 3.05) is 0 Å². The Bertz CT molecular complexity index is 611. The van der Waals surface area contributed by atoms with E-state index in [0.29, 0.717) is 5.92 Å². The molecule has 0 atom stereocenters. The molecule has 1 N–H and O–H groups in total. The number of aromatic nitrogens is 1. The van der Waals surface area contributed by atoms with Crippen molar-refractivity contribution in [1.29, 1.82) is 0 Å². The van der Waals surface area contributed by atoms with Gasteiger partial charge in [0.15, 0.2) is 0 Å². The zero-order chi connectivity index (χ0) is 14.9. The van der Waals surface area contributed by atoms with Crippen LogP contribution in [-0.4, -0.2) is 11.3 Å². The Labute approximate surface area is 121 Å². The van der Waals surface area contributed by atoms with E-state index in [9.17, 15) is 13.2 Å². The highest BCUT2D eigenvalue weighted by atomic mass is 19.4. The third-order valence-corrected chi connectivity index (χ3v) is 4.21. The first-order valence-corrected chi connectivity index (χ1v) is 7.37. The number of hydrogen-bond acceptors (Lipinski definition) is 1. The summed E-state index contributed by atoms with van der Waals surface area (Å²) in [6.07, 6.45) is 4.44. The molecule has 0 radical (unpaired) electrons. The number of rotatable bonds is 3. The summed E-state index contributed by atoms with van der Waals surface area (Å²) < 4.78 is 40.9. The number of fused-ring (bicyclic) bond motifs is 1. The predicted octanol–water partition coefficient (Wildman–Crippen LogP) is 5.19. The lowest BCUT2D eigenvalue weighted by molar-refractivity contribution is -0.274. The highest BCUT2D eigenvalue weighted by molar-refractivity contribution is 5.84. The van der Waals surface area contributed by atoms with E-state index in [1.54, 1.807) is 6.07 Å². The van der Waals surface area contributed by atoms with E-state index < -0.39 is 6.36 Å². The second kappa shape index (κ2) is 5.62. The minimum Gasteiger partial charge on any atom is -0.406 e. The van der Waals surface area contributed by atoms with E-state index in [0.717, 1.165) is 22.9 Å². The van der Waals surface area contributed by atoms with Crippen LogP contribution >= 0.6 is 0 Å². The van der Waals surface area contributed by atoms with Crippen molar-refractivity contribution in [1.82, 2.24) is 4.98 Å². The molecule has 1 aliphatic rings. The van der Waals surface area contributed by atoms with Crippen molar-refractivity contribution >= 4 is 10.9 Å². The quantitative estimate of drug-likeness (QED) is 0.828. The Morgan fingerprint density at radius 1 is 1.14 bits per heavy atom. The van der Waals surface area contributed by atoms with Crippen LogP contribution in [0.5, 0.6) is 5.75 Å². The standard InChI is InChI=1S/C16H18F3NO/c17-16(18,19)21-13-6-7-15-14(9-13)12(10-20-15)8-11-4-2-1-3-5-11/h6-7,9-11,20H,1-5,8H2. The van der Waals surface area contributed by atoms with Gasteiger partial charge in [-0.15, -0.1) is 13.2 Å². The molecule has 2 aromatic rings. The molecule has 21 heavy (non-hydrogen) atoms. The first-order chi connectivity index (χ1) is 10.0. The third-order valence-electron chi connectivity index (χ3n) is 4.21. The maximum Gasteiger partial charge on any atom is 0.573 e. The van der Waals surface area contributed by atoms with Crippen molar-refractivity contribution in [2.24, 2.45) is 5.92 Å². The van der Waals surface area contributed by atoms with E-state index in [2.05, 4.69) is 9.72 Å². The van der Waals surface area contributed by atoms with E-state index in [1.807, 2.05) is 6.20 Å². The predicted molar refractivity (Wildman–Crippen MR) is 75.3 cm³/mol. The van der Waals surface area contributed by atoms with E-state index in [1.165, 1.54) is 44.2 Å².